The van der Waals surface area contributed by atoms with Crippen molar-refractivity contribution in [1.82, 2.24) is 5.32 Å². The lowest BCUT2D eigenvalue weighted by molar-refractivity contribution is -0.176. The molecule has 0 spiro atoms. The van der Waals surface area contributed by atoms with E-state index in [1.54, 1.807) is 30.3 Å². The average Bonchev–Trinajstić information content (AvgIpc) is 3.14. The zero-order valence-electron chi connectivity index (χ0n) is 19.2. The first-order valence-electron chi connectivity index (χ1n) is 11.5. The second-order valence-corrected chi connectivity index (χ2v) is 9.19. The summed E-state index contributed by atoms with van der Waals surface area (Å²) in [6, 6.07) is 9.99. The smallest absolute Gasteiger partial charge is 0.288 e. The first-order chi connectivity index (χ1) is 15.7. The lowest BCUT2D eigenvalue weighted by atomic mass is 9.82. The third kappa shape index (κ3) is 3.33. The zero-order chi connectivity index (χ0) is 24.0. The molecule has 1 aliphatic heterocycles. The average molecular weight is 451 g/mol. The highest BCUT2D eigenvalue weighted by atomic mass is 16.6. The molecule has 7 heteroatoms. The fraction of sp³-hybridized carbons (Fsp3) is 0.423. The van der Waals surface area contributed by atoms with Crippen LogP contribution < -0.4 is 15.8 Å². The quantitative estimate of drug-likeness (QED) is 0.321. The fourth-order valence-electron chi connectivity index (χ4n) is 4.81. The number of carbonyl (C=O) groups is 3. The van der Waals surface area contributed by atoms with Gasteiger partial charge in [0.15, 0.2) is 0 Å². The molecule has 2 aromatic rings. The number of nitrogen functional groups attached to an aromatic ring is 1. The number of nitrogens with one attached hydrogen (secondary N) is 1. The Labute approximate surface area is 193 Å². The summed E-state index contributed by atoms with van der Waals surface area (Å²) in [7, 11) is 0. The van der Waals surface area contributed by atoms with E-state index in [0.717, 1.165) is 24.8 Å². The van der Waals surface area contributed by atoms with E-state index < -0.39 is 28.8 Å². The number of ether oxygens (including phenoxy) is 1. The van der Waals surface area contributed by atoms with Gasteiger partial charge in [0.2, 0.25) is 17.1 Å². The van der Waals surface area contributed by atoms with Gasteiger partial charge >= 0.3 is 0 Å². The van der Waals surface area contributed by atoms with E-state index in [9.17, 15) is 19.5 Å². The number of unbranched alkanes of at least 4 members (excludes halogenated alkanes) is 3. The van der Waals surface area contributed by atoms with Crippen molar-refractivity contribution in [2.45, 2.75) is 70.1 Å². The molecule has 4 rings (SSSR count). The first kappa shape index (κ1) is 23.0. The van der Waals surface area contributed by atoms with Gasteiger partial charge in [0.25, 0.3) is 11.7 Å². The molecule has 7 nitrogen and oxygen atoms in total. The van der Waals surface area contributed by atoms with Crippen LogP contribution in [0.2, 0.25) is 0 Å². The molecule has 1 aliphatic carbocycles. The van der Waals surface area contributed by atoms with Crippen LogP contribution >= 0.6 is 0 Å². The summed E-state index contributed by atoms with van der Waals surface area (Å²) in [5.74, 6) is -3.89. The molecule has 174 valence electrons. The van der Waals surface area contributed by atoms with E-state index in [4.69, 9.17) is 10.5 Å². The number of amides is 1. The maximum atomic E-state index is 13.8. The maximum Gasteiger partial charge on any atom is 0.288 e. The van der Waals surface area contributed by atoms with Crippen LogP contribution in [0.25, 0.3) is 0 Å². The molecule has 1 heterocycles. The Kier molecular flexibility index (Phi) is 5.78. The van der Waals surface area contributed by atoms with Gasteiger partial charge in [-0.25, -0.2) is 0 Å². The second kappa shape index (κ2) is 8.30. The summed E-state index contributed by atoms with van der Waals surface area (Å²) in [5.41, 5.74) is 5.78. The number of rotatable bonds is 8. The van der Waals surface area contributed by atoms with Crippen LogP contribution in [-0.2, 0) is 20.9 Å². The van der Waals surface area contributed by atoms with E-state index in [1.807, 2.05) is 19.9 Å². The topological polar surface area (TPSA) is 119 Å². The van der Waals surface area contributed by atoms with Crippen LogP contribution in [0.1, 0.15) is 85.8 Å². The van der Waals surface area contributed by atoms with E-state index in [-0.39, 0.29) is 29.2 Å². The molecule has 2 atom stereocenters. The van der Waals surface area contributed by atoms with Crippen molar-refractivity contribution in [3.05, 3.63) is 58.7 Å². The Morgan fingerprint density at radius 1 is 1.12 bits per heavy atom. The molecule has 4 N–H and O–H groups in total. The van der Waals surface area contributed by atoms with Crippen LogP contribution in [0, 0.1) is 0 Å². The third-order valence-corrected chi connectivity index (χ3v) is 6.68. The molecule has 0 aromatic heterocycles. The molecule has 2 aromatic carbocycles. The van der Waals surface area contributed by atoms with Crippen molar-refractivity contribution >= 4 is 23.2 Å². The van der Waals surface area contributed by atoms with Gasteiger partial charge in [0.1, 0.15) is 5.75 Å². The Balaban J connectivity index is 1.79. The molecular formula is C26H30N2O5. The number of ketones is 2. The molecule has 33 heavy (non-hydrogen) atoms. The number of hydrogen-bond acceptors (Lipinski definition) is 6. The highest BCUT2D eigenvalue weighted by molar-refractivity contribution is 6.37. The standard InChI is InChI=1S/C26H30N2O5/c1-4-5-6-7-11-20(29)24(31)28-25-17-13-12-16(15(2)3)14-21(17)33-26(25,32)18-9-8-10-19(27)22(18)23(25)30/h8-10,12-15,32H,4-7,11,27H2,1-3H3,(H,28,31). The molecular weight excluding hydrogens is 420 g/mol. The van der Waals surface area contributed by atoms with Crippen LogP contribution in [-0.4, -0.2) is 22.6 Å². The highest BCUT2D eigenvalue weighted by Crippen LogP contribution is 2.59. The largest absolute Gasteiger partial charge is 0.454 e. The molecule has 0 fully saturated rings. The minimum atomic E-state index is -2.22. The number of aliphatic hydroxyl groups is 1. The second-order valence-electron chi connectivity index (χ2n) is 9.19. The van der Waals surface area contributed by atoms with Gasteiger partial charge in [-0.2, -0.15) is 0 Å². The van der Waals surface area contributed by atoms with E-state index in [1.165, 1.54) is 0 Å². The van der Waals surface area contributed by atoms with Crippen molar-refractivity contribution in [2.75, 3.05) is 5.73 Å². The van der Waals surface area contributed by atoms with E-state index in [0.29, 0.717) is 17.7 Å². The first-order valence-corrected chi connectivity index (χ1v) is 11.5. The summed E-state index contributed by atoms with van der Waals surface area (Å²) in [4.78, 5) is 39.4. The van der Waals surface area contributed by atoms with E-state index in [2.05, 4.69) is 12.2 Å². The zero-order valence-corrected chi connectivity index (χ0v) is 19.2. The van der Waals surface area contributed by atoms with Gasteiger partial charge in [-0.15, -0.1) is 0 Å². The Morgan fingerprint density at radius 2 is 1.88 bits per heavy atom. The number of anilines is 1. The summed E-state index contributed by atoms with van der Waals surface area (Å²) in [6.45, 7) is 6.09. The van der Waals surface area contributed by atoms with Gasteiger partial charge in [0.05, 0.1) is 5.56 Å². The van der Waals surface area contributed by atoms with Gasteiger partial charge < -0.3 is 20.9 Å². The van der Waals surface area contributed by atoms with E-state index >= 15 is 0 Å². The fourth-order valence-corrected chi connectivity index (χ4v) is 4.81. The maximum absolute atomic E-state index is 13.8. The van der Waals surface area contributed by atoms with Gasteiger partial charge in [-0.1, -0.05) is 64.3 Å². The van der Waals surface area contributed by atoms with Crippen molar-refractivity contribution in [3.63, 3.8) is 0 Å². The molecule has 0 bridgehead atoms. The number of Topliss-reactive ketones (excluding diaryl/α,β-unsaturated/α-hetero) is 2. The summed E-state index contributed by atoms with van der Waals surface area (Å²) in [6.07, 6.45) is 3.49. The predicted octanol–water partition coefficient (Wildman–Crippen LogP) is 3.68. The summed E-state index contributed by atoms with van der Waals surface area (Å²) >= 11 is 0. The molecule has 2 unspecified atom stereocenters. The summed E-state index contributed by atoms with van der Waals surface area (Å²) < 4.78 is 6.01. The van der Waals surface area contributed by atoms with Crippen molar-refractivity contribution in [2.24, 2.45) is 0 Å². The number of benzene rings is 2. The molecule has 0 saturated heterocycles. The number of carbonyl (C=O) groups excluding carboxylic acids is 3. The number of hydrogen-bond donors (Lipinski definition) is 3. The van der Waals surface area contributed by atoms with Crippen molar-refractivity contribution < 1.29 is 24.2 Å². The molecule has 0 saturated carbocycles. The monoisotopic (exact) mass is 450 g/mol. The molecule has 0 radical (unpaired) electrons. The minimum absolute atomic E-state index is 0.0730. The predicted molar refractivity (Wildman–Crippen MR) is 124 cm³/mol. The Morgan fingerprint density at radius 3 is 2.58 bits per heavy atom. The summed E-state index contributed by atoms with van der Waals surface area (Å²) in [5, 5.41) is 14.4. The van der Waals surface area contributed by atoms with Crippen LogP contribution in [0.15, 0.2) is 36.4 Å². The van der Waals surface area contributed by atoms with Gasteiger partial charge in [-0.05, 0) is 30.0 Å². The Hall–Kier alpha value is -3.19. The van der Waals surface area contributed by atoms with Crippen molar-refractivity contribution in [1.29, 1.82) is 0 Å². The van der Waals surface area contributed by atoms with Crippen LogP contribution in [0.4, 0.5) is 5.69 Å². The minimum Gasteiger partial charge on any atom is -0.454 e. The van der Waals surface area contributed by atoms with Gasteiger partial charge in [0, 0.05) is 23.2 Å². The van der Waals surface area contributed by atoms with Crippen LogP contribution in [0.3, 0.4) is 0 Å². The lowest BCUT2D eigenvalue weighted by Gasteiger charge is -2.34. The number of nitrogens with two attached hydrogens (primary N) is 1. The lowest BCUT2D eigenvalue weighted by Crippen LogP contribution is -2.61. The number of fused-ring (bicyclic) bond motifs is 5. The third-order valence-electron chi connectivity index (χ3n) is 6.68. The normalized spacial score (nSPS) is 22.5. The SMILES string of the molecule is CCCCCCC(=O)C(=O)NC12C(=O)c3c(N)cccc3C1(O)Oc1cc(C(C)C)ccc12. The van der Waals surface area contributed by atoms with Crippen molar-refractivity contribution in [3.8, 4) is 5.75 Å². The molecule has 2 aliphatic rings. The molecule has 1 amide bonds. The van der Waals surface area contributed by atoms with Gasteiger partial charge in [-0.3, -0.25) is 14.4 Å². The Bertz CT molecular complexity index is 1140. The highest BCUT2D eigenvalue weighted by Gasteiger charge is 2.72. The van der Waals surface area contributed by atoms with Crippen LogP contribution in [0.5, 0.6) is 5.75 Å².